The Kier molecular flexibility index (Phi) is 5.67. The first-order valence-electron chi connectivity index (χ1n) is 9.90. The van der Waals surface area contributed by atoms with E-state index in [0.29, 0.717) is 0 Å². The molecule has 5 nitrogen and oxygen atoms in total. The van der Waals surface area contributed by atoms with Crippen molar-refractivity contribution in [2.75, 3.05) is 40.4 Å². The second-order valence-electron chi connectivity index (χ2n) is 7.27. The molecular formula is C24H26N2O3. The van der Waals surface area contributed by atoms with Gasteiger partial charge in [-0.05, 0) is 22.9 Å². The Morgan fingerprint density at radius 3 is 2.41 bits per heavy atom. The molecule has 3 aromatic carbocycles. The molecule has 1 aliphatic heterocycles. The van der Waals surface area contributed by atoms with Crippen LogP contribution in [-0.4, -0.2) is 56.1 Å². The lowest BCUT2D eigenvalue weighted by atomic mass is 10.0. The van der Waals surface area contributed by atoms with Crippen molar-refractivity contribution in [2.45, 2.75) is 6.54 Å². The van der Waals surface area contributed by atoms with Crippen LogP contribution in [0.3, 0.4) is 0 Å². The van der Waals surface area contributed by atoms with Crippen molar-refractivity contribution in [1.29, 1.82) is 0 Å². The molecule has 5 heteroatoms. The van der Waals surface area contributed by atoms with Gasteiger partial charge in [0.15, 0.2) is 0 Å². The molecule has 1 amide bonds. The second-order valence-corrected chi connectivity index (χ2v) is 7.27. The highest BCUT2D eigenvalue weighted by molar-refractivity contribution is 6.07. The van der Waals surface area contributed by atoms with Crippen LogP contribution in [0.5, 0.6) is 11.5 Å². The van der Waals surface area contributed by atoms with E-state index in [0.717, 1.165) is 66.1 Å². The van der Waals surface area contributed by atoms with Crippen LogP contribution in [0.15, 0.2) is 60.7 Å². The fourth-order valence-corrected chi connectivity index (χ4v) is 3.91. The molecule has 0 radical (unpaired) electrons. The molecule has 0 unspecified atom stereocenters. The number of benzene rings is 3. The minimum absolute atomic E-state index is 0.114. The molecule has 1 heterocycles. The minimum atomic E-state index is 0.114. The zero-order chi connectivity index (χ0) is 20.2. The van der Waals surface area contributed by atoms with E-state index >= 15 is 0 Å². The van der Waals surface area contributed by atoms with Crippen LogP contribution in [0.25, 0.3) is 10.8 Å². The summed E-state index contributed by atoms with van der Waals surface area (Å²) in [6.45, 7) is 3.92. The number of hydrogen-bond donors (Lipinski definition) is 0. The van der Waals surface area contributed by atoms with Crippen LogP contribution in [0.1, 0.15) is 15.9 Å². The third-order valence-corrected chi connectivity index (χ3v) is 5.57. The van der Waals surface area contributed by atoms with Crippen molar-refractivity contribution in [3.8, 4) is 11.5 Å². The highest BCUT2D eigenvalue weighted by atomic mass is 16.5. The molecule has 1 fully saturated rings. The van der Waals surface area contributed by atoms with Gasteiger partial charge in [-0.2, -0.15) is 0 Å². The van der Waals surface area contributed by atoms with E-state index in [1.807, 2.05) is 65.6 Å². The number of hydrogen-bond acceptors (Lipinski definition) is 4. The molecule has 0 atom stereocenters. The summed E-state index contributed by atoms with van der Waals surface area (Å²) in [6.07, 6.45) is 0. The summed E-state index contributed by atoms with van der Waals surface area (Å²) in [7, 11) is 3.33. The summed E-state index contributed by atoms with van der Waals surface area (Å²) in [5, 5.41) is 2.12. The van der Waals surface area contributed by atoms with Gasteiger partial charge in [0.25, 0.3) is 5.91 Å². The van der Waals surface area contributed by atoms with Crippen LogP contribution in [0.2, 0.25) is 0 Å². The van der Waals surface area contributed by atoms with Gasteiger partial charge in [0.05, 0.1) is 14.2 Å². The predicted octanol–water partition coefficient (Wildman–Crippen LogP) is 3.82. The molecule has 1 aliphatic rings. The van der Waals surface area contributed by atoms with Crippen molar-refractivity contribution < 1.29 is 14.3 Å². The van der Waals surface area contributed by atoms with Crippen molar-refractivity contribution >= 4 is 16.7 Å². The number of amides is 1. The van der Waals surface area contributed by atoms with E-state index in [2.05, 4.69) is 4.90 Å². The van der Waals surface area contributed by atoms with Crippen molar-refractivity contribution in [1.82, 2.24) is 9.80 Å². The predicted molar refractivity (Wildman–Crippen MR) is 115 cm³/mol. The average Bonchev–Trinajstić information content (AvgIpc) is 2.79. The quantitative estimate of drug-likeness (QED) is 0.664. The van der Waals surface area contributed by atoms with Crippen LogP contribution in [0, 0.1) is 0 Å². The molecule has 0 bridgehead atoms. The minimum Gasteiger partial charge on any atom is -0.497 e. The lowest BCUT2D eigenvalue weighted by molar-refractivity contribution is 0.0629. The largest absolute Gasteiger partial charge is 0.497 e. The first-order valence-corrected chi connectivity index (χ1v) is 9.90. The summed E-state index contributed by atoms with van der Waals surface area (Å²) in [4.78, 5) is 17.4. The number of fused-ring (bicyclic) bond motifs is 1. The van der Waals surface area contributed by atoms with Crippen LogP contribution >= 0.6 is 0 Å². The fraction of sp³-hybridized carbons (Fsp3) is 0.292. The molecule has 150 valence electrons. The maximum Gasteiger partial charge on any atom is 0.254 e. The Labute approximate surface area is 171 Å². The summed E-state index contributed by atoms with van der Waals surface area (Å²) in [6, 6.07) is 19.9. The number of piperazine rings is 1. The van der Waals surface area contributed by atoms with Crippen LogP contribution in [0.4, 0.5) is 0 Å². The smallest absolute Gasteiger partial charge is 0.254 e. The van der Waals surface area contributed by atoms with Gasteiger partial charge in [-0.1, -0.05) is 42.5 Å². The highest BCUT2D eigenvalue weighted by Crippen LogP contribution is 2.26. The van der Waals surface area contributed by atoms with Crippen LogP contribution in [-0.2, 0) is 6.54 Å². The molecular weight excluding hydrogens is 364 g/mol. The number of carbonyl (C=O) groups excluding carboxylic acids is 1. The molecule has 0 aliphatic carbocycles. The lowest BCUT2D eigenvalue weighted by Gasteiger charge is -2.35. The van der Waals surface area contributed by atoms with Gasteiger partial charge in [0.1, 0.15) is 11.5 Å². The van der Waals surface area contributed by atoms with E-state index in [1.54, 1.807) is 14.2 Å². The molecule has 0 spiro atoms. The van der Waals surface area contributed by atoms with E-state index in [9.17, 15) is 4.79 Å². The SMILES string of the molecule is COc1ccc(CN2CCN(C(=O)c3cccc4ccccc34)CC2)c(OC)c1. The lowest BCUT2D eigenvalue weighted by Crippen LogP contribution is -2.48. The fourth-order valence-electron chi connectivity index (χ4n) is 3.91. The van der Waals surface area contributed by atoms with Crippen molar-refractivity contribution in [2.24, 2.45) is 0 Å². The molecule has 3 aromatic rings. The average molecular weight is 390 g/mol. The number of methoxy groups -OCH3 is 2. The number of carbonyl (C=O) groups is 1. The van der Waals surface area contributed by atoms with E-state index in [1.165, 1.54) is 0 Å². The van der Waals surface area contributed by atoms with Gasteiger partial charge in [0.2, 0.25) is 0 Å². The molecule has 0 N–H and O–H groups in total. The van der Waals surface area contributed by atoms with Gasteiger partial charge < -0.3 is 14.4 Å². The first-order chi connectivity index (χ1) is 14.2. The maximum absolute atomic E-state index is 13.1. The molecule has 1 saturated heterocycles. The zero-order valence-electron chi connectivity index (χ0n) is 16.9. The first kappa shape index (κ1) is 19.3. The maximum atomic E-state index is 13.1. The highest BCUT2D eigenvalue weighted by Gasteiger charge is 2.24. The van der Waals surface area contributed by atoms with E-state index < -0.39 is 0 Å². The summed E-state index contributed by atoms with van der Waals surface area (Å²) in [5.41, 5.74) is 1.91. The van der Waals surface area contributed by atoms with Crippen molar-refractivity contribution in [3.05, 3.63) is 71.8 Å². The van der Waals surface area contributed by atoms with Gasteiger partial charge in [-0.15, -0.1) is 0 Å². The summed E-state index contributed by atoms with van der Waals surface area (Å²) < 4.78 is 10.8. The standard InChI is InChI=1S/C24H26N2O3/c1-28-20-11-10-19(23(16-20)29-2)17-25-12-14-26(15-13-25)24(27)22-9-5-7-18-6-3-4-8-21(18)22/h3-11,16H,12-15,17H2,1-2H3. The normalized spacial score (nSPS) is 14.8. The Hall–Kier alpha value is -3.05. The van der Waals surface area contributed by atoms with Crippen LogP contribution < -0.4 is 9.47 Å². The topological polar surface area (TPSA) is 42.0 Å². The molecule has 0 saturated carbocycles. The Morgan fingerprint density at radius 2 is 1.66 bits per heavy atom. The third-order valence-electron chi connectivity index (χ3n) is 5.57. The molecule has 29 heavy (non-hydrogen) atoms. The monoisotopic (exact) mass is 390 g/mol. The Morgan fingerprint density at radius 1 is 0.897 bits per heavy atom. The van der Waals surface area contributed by atoms with Gasteiger partial charge in [0, 0.05) is 49.9 Å². The number of rotatable bonds is 5. The van der Waals surface area contributed by atoms with E-state index in [4.69, 9.17) is 9.47 Å². The van der Waals surface area contributed by atoms with Gasteiger partial charge in [-0.25, -0.2) is 0 Å². The van der Waals surface area contributed by atoms with Crippen molar-refractivity contribution in [3.63, 3.8) is 0 Å². The summed E-state index contributed by atoms with van der Waals surface area (Å²) in [5.74, 6) is 1.73. The van der Waals surface area contributed by atoms with Gasteiger partial charge in [-0.3, -0.25) is 9.69 Å². The summed E-state index contributed by atoms with van der Waals surface area (Å²) >= 11 is 0. The number of nitrogens with zero attached hydrogens (tertiary/aromatic N) is 2. The number of ether oxygens (including phenoxy) is 2. The Bertz CT molecular complexity index is 1000. The zero-order valence-corrected chi connectivity index (χ0v) is 16.9. The second kappa shape index (κ2) is 8.53. The molecule has 0 aromatic heterocycles. The third kappa shape index (κ3) is 4.05. The van der Waals surface area contributed by atoms with E-state index in [-0.39, 0.29) is 5.91 Å². The molecule has 4 rings (SSSR count). The van der Waals surface area contributed by atoms with Gasteiger partial charge >= 0.3 is 0 Å². The Balaban J connectivity index is 1.42.